The van der Waals surface area contributed by atoms with Crippen molar-refractivity contribution in [3.05, 3.63) is 21.9 Å². The van der Waals surface area contributed by atoms with E-state index in [-0.39, 0.29) is 0 Å². The third kappa shape index (κ3) is 3.81. The Labute approximate surface area is 126 Å². The predicted octanol–water partition coefficient (Wildman–Crippen LogP) is 2.89. The molecule has 106 valence electrons. The summed E-state index contributed by atoms with van der Waals surface area (Å²) >= 11 is 8.99. The van der Waals surface area contributed by atoms with Crippen LogP contribution < -0.4 is 4.72 Å². The molecule has 1 N–H and O–H groups in total. The Morgan fingerprint density at radius 2 is 2.11 bits per heavy atom. The average Bonchev–Trinajstić information content (AvgIpc) is 2.34. The number of anilines is 1. The summed E-state index contributed by atoms with van der Waals surface area (Å²) in [7, 11) is -3.51. The van der Waals surface area contributed by atoms with Crippen LogP contribution in [-0.2, 0) is 10.2 Å². The van der Waals surface area contributed by atoms with Crippen molar-refractivity contribution in [3.63, 3.8) is 0 Å². The molecule has 0 saturated carbocycles. The van der Waals surface area contributed by atoms with Gasteiger partial charge < -0.3 is 0 Å². The Balaban J connectivity index is 2.10. The molecule has 0 amide bonds. The lowest BCUT2D eigenvalue weighted by atomic mass is 10.0. The van der Waals surface area contributed by atoms with Crippen LogP contribution >= 0.6 is 27.5 Å². The fourth-order valence-electron chi connectivity index (χ4n) is 1.92. The first-order valence-corrected chi connectivity index (χ1v) is 8.58. The monoisotopic (exact) mass is 367 g/mol. The van der Waals surface area contributed by atoms with E-state index in [1.165, 1.54) is 10.5 Å². The van der Waals surface area contributed by atoms with Crippen molar-refractivity contribution in [2.24, 2.45) is 5.92 Å². The molecule has 8 heteroatoms. The molecule has 0 bridgehead atoms. The molecule has 5 nitrogen and oxygen atoms in total. The maximum absolute atomic E-state index is 12.2. The van der Waals surface area contributed by atoms with E-state index < -0.39 is 10.2 Å². The number of hydrogen-bond acceptors (Lipinski definition) is 3. The van der Waals surface area contributed by atoms with E-state index >= 15 is 0 Å². The lowest BCUT2D eigenvalue weighted by Gasteiger charge is -2.29. The van der Waals surface area contributed by atoms with Gasteiger partial charge in [-0.2, -0.15) is 12.7 Å². The van der Waals surface area contributed by atoms with Gasteiger partial charge in [-0.05, 0) is 40.8 Å². The third-order valence-electron chi connectivity index (χ3n) is 3.13. The van der Waals surface area contributed by atoms with Crippen LogP contribution in [-0.4, -0.2) is 30.8 Å². The lowest BCUT2D eigenvalue weighted by molar-refractivity contribution is 0.289. The number of hydrogen-bond donors (Lipinski definition) is 1. The molecule has 0 radical (unpaired) electrons. The van der Waals surface area contributed by atoms with Crippen LogP contribution in [0.1, 0.15) is 19.8 Å². The quantitative estimate of drug-likeness (QED) is 0.834. The molecule has 1 saturated heterocycles. The minimum Gasteiger partial charge on any atom is -0.269 e. The summed E-state index contributed by atoms with van der Waals surface area (Å²) in [5.41, 5.74) is 0.398. The highest BCUT2D eigenvalue weighted by molar-refractivity contribution is 9.10. The van der Waals surface area contributed by atoms with Crippen molar-refractivity contribution in [2.75, 3.05) is 17.8 Å². The summed E-state index contributed by atoms with van der Waals surface area (Å²) in [5.74, 6) is 0.581. The number of halogens is 2. The number of nitrogens with one attached hydrogen (secondary N) is 1. The van der Waals surface area contributed by atoms with Crippen LogP contribution in [0.5, 0.6) is 0 Å². The molecule has 0 aliphatic carbocycles. The van der Waals surface area contributed by atoms with E-state index in [1.807, 2.05) is 0 Å². The standard InChI is InChI=1S/C11H15BrClN3O2S/c1-8-2-4-16(5-3-8)19(17,18)15-9-6-10(12)11(13)14-7-9/h6-8,15H,2-5H2,1H3. The van der Waals surface area contributed by atoms with E-state index in [9.17, 15) is 8.42 Å². The van der Waals surface area contributed by atoms with E-state index in [1.54, 1.807) is 6.07 Å². The first-order valence-electron chi connectivity index (χ1n) is 5.97. The van der Waals surface area contributed by atoms with Crippen molar-refractivity contribution >= 4 is 43.4 Å². The number of rotatable bonds is 3. The highest BCUT2D eigenvalue weighted by Crippen LogP contribution is 2.25. The Bertz CT molecular complexity index is 559. The molecule has 19 heavy (non-hydrogen) atoms. The predicted molar refractivity (Wildman–Crippen MR) is 79.5 cm³/mol. The summed E-state index contributed by atoms with van der Waals surface area (Å²) in [5, 5.41) is 0.301. The minimum absolute atomic E-state index is 0.301. The first-order chi connectivity index (χ1) is 8.88. The van der Waals surface area contributed by atoms with Gasteiger partial charge in [0.25, 0.3) is 0 Å². The molecule has 2 rings (SSSR count). The van der Waals surface area contributed by atoms with E-state index in [0.29, 0.717) is 34.3 Å². The summed E-state index contributed by atoms with van der Waals surface area (Å²) in [6.45, 7) is 3.25. The van der Waals surface area contributed by atoms with Gasteiger partial charge in [-0.15, -0.1) is 0 Å². The van der Waals surface area contributed by atoms with Crippen LogP contribution in [0.2, 0.25) is 5.15 Å². The molecule has 0 unspecified atom stereocenters. The summed E-state index contributed by atoms with van der Waals surface area (Å²) < 4.78 is 28.9. The molecule has 0 atom stereocenters. The molecule has 1 aliphatic rings. The largest absolute Gasteiger partial charge is 0.301 e. The fraction of sp³-hybridized carbons (Fsp3) is 0.545. The molecular formula is C11H15BrClN3O2S. The highest BCUT2D eigenvalue weighted by atomic mass is 79.9. The van der Waals surface area contributed by atoms with E-state index in [4.69, 9.17) is 11.6 Å². The van der Waals surface area contributed by atoms with Crippen molar-refractivity contribution in [1.29, 1.82) is 0 Å². The van der Waals surface area contributed by atoms with Crippen LogP contribution in [0.15, 0.2) is 16.7 Å². The second kappa shape index (κ2) is 5.95. The van der Waals surface area contributed by atoms with Crippen LogP contribution in [0.4, 0.5) is 5.69 Å². The number of aromatic nitrogens is 1. The Kier molecular flexibility index (Phi) is 4.70. The third-order valence-corrected chi connectivity index (χ3v) is 5.80. The van der Waals surface area contributed by atoms with Gasteiger partial charge in [0.05, 0.1) is 16.4 Å². The van der Waals surface area contributed by atoms with E-state index in [2.05, 4.69) is 32.6 Å². The Morgan fingerprint density at radius 1 is 1.47 bits per heavy atom. The normalized spacial score (nSPS) is 18.5. The van der Waals surface area contributed by atoms with Crippen molar-refractivity contribution in [1.82, 2.24) is 9.29 Å². The van der Waals surface area contributed by atoms with Gasteiger partial charge >= 0.3 is 10.2 Å². The molecule has 1 aromatic rings. The maximum Gasteiger partial charge on any atom is 0.301 e. The van der Waals surface area contributed by atoms with Crippen LogP contribution in [0.25, 0.3) is 0 Å². The smallest absolute Gasteiger partial charge is 0.269 e. The zero-order valence-corrected chi connectivity index (χ0v) is 13.6. The summed E-state index contributed by atoms with van der Waals surface area (Å²) in [4.78, 5) is 3.89. The Hall–Kier alpha value is -0.370. The summed E-state index contributed by atoms with van der Waals surface area (Å²) in [6, 6.07) is 1.60. The zero-order valence-electron chi connectivity index (χ0n) is 10.4. The fourth-order valence-corrected chi connectivity index (χ4v) is 3.60. The SMILES string of the molecule is CC1CCN(S(=O)(=O)Nc2cnc(Cl)c(Br)c2)CC1. The lowest BCUT2D eigenvalue weighted by Crippen LogP contribution is -2.41. The second-order valence-corrected chi connectivity index (χ2v) is 7.57. The highest BCUT2D eigenvalue weighted by Gasteiger charge is 2.26. The molecule has 0 aromatic carbocycles. The van der Waals surface area contributed by atoms with Gasteiger partial charge in [0, 0.05) is 13.1 Å². The first kappa shape index (κ1) is 15.0. The number of piperidine rings is 1. The van der Waals surface area contributed by atoms with E-state index in [0.717, 1.165) is 12.8 Å². The van der Waals surface area contributed by atoms with Crippen LogP contribution in [0.3, 0.4) is 0 Å². The second-order valence-electron chi connectivity index (χ2n) is 4.69. The zero-order chi connectivity index (χ0) is 14.0. The molecular weight excluding hydrogens is 354 g/mol. The van der Waals surface area contributed by atoms with Gasteiger partial charge in [-0.1, -0.05) is 18.5 Å². The molecule has 2 heterocycles. The topological polar surface area (TPSA) is 62.3 Å². The van der Waals surface area contributed by atoms with Gasteiger partial charge in [-0.25, -0.2) is 4.98 Å². The van der Waals surface area contributed by atoms with Gasteiger partial charge in [0.1, 0.15) is 5.15 Å². The Morgan fingerprint density at radius 3 is 2.68 bits per heavy atom. The molecule has 1 aromatic heterocycles. The minimum atomic E-state index is -3.51. The molecule has 1 fully saturated rings. The van der Waals surface area contributed by atoms with Crippen molar-refractivity contribution < 1.29 is 8.42 Å². The van der Waals surface area contributed by atoms with Crippen molar-refractivity contribution in [3.8, 4) is 0 Å². The van der Waals surface area contributed by atoms with Gasteiger partial charge in [0.2, 0.25) is 0 Å². The average molecular weight is 369 g/mol. The molecule has 0 spiro atoms. The number of nitrogens with zero attached hydrogens (tertiary/aromatic N) is 2. The van der Waals surface area contributed by atoms with Crippen LogP contribution in [0, 0.1) is 5.92 Å². The van der Waals surface area contributed by atoms with Crippen molar-refractivity contribution in [2.45, 2.75) is 19.8 Å². The molecule has 1 aliphatic heterocycles. The number of pyridine rings is 1. The summed E-state index contributed by atoms with van der Waals surface area (Å²) in [6.07, 6.45) is 3.18. The maximum atomic E-state index is 12.2. The van der Waals surface area contributed by atoms with Gasteiger partial charge in [0.15, 0.2) is 0 Å². The van der Waals surface area contributed by atoms with Gasteiger partial charge in [-0.3, -0.25) is 4.72 Å².